The van der Waals surface area contributed by atoms with Crippen molar-refractivity contribution in [1.82, 2.24) is 20.1 Å². The molecule has 188 valence electrons. The normalized spacial score (nSPS) is 12.6. The molecule has 1 aromatic heterocycles. The molecule has 1 aromatic rings. The van der Waals surface area contributed by atoms with Gasteiger partial charge in [0.05, 0.1) is 30.2 Å². The highest BCUT2D eigenvalue weighted by Gasteiger charge is 2.25. The van der Waals surface area contributed by atoms with Crippen molar-refractivity contribution in [2.75, 3.05) is 66.9 Å². The van der Waals surface area contributed by atoms with Crippen LogP contribution in [-0.4, -0.2) is 98.4 Å². The fourth-order valence-electron chi connectivity index (χ4n) is 2.39. The summed E-state index contributed by atoms with van der Waals surface area (Å²) in [6, 6.07) is 1.09. The van der Waals surface area contributed by atoms with Crippen LogP contribution in [-0.2, 0) is 22.9 Å². The summed E-state index contributed by atoms with van der Waals surface area (Å²) in [7, 11) is 1.07. The number of phosphoric ester groups is 1. The number of nitrogens with zero attached hydrogens (tertiary/aromatic N) is 4. The molecule has 0 aliphatic carbocycles. The van der Waals surface area contributed by atoms with E-state index in [1.165, 1.54) is 13.3 Å². The molecule has 0 spiro atoms. The van der Waals surface area contributed by atoms with Crippen LogP contribution in [0.5, 0.6) is 0 Å². The smallest absolute Gasteiger partial charge is 0.352 e. The number of terminal acetylenes is 1. The van der Waals surface area contributed by atoms with Crippen molar-refractivity contribution in [2.45, 2.75) is 5.03 Å². The van der Waals surface area contributed by atoms with Gasteiger partial charge in [-0.2, -0.15) is 0 Å². The topological polar surface area (TPSA) is 153 Å². The van der Waals surface area contributed by atoms with E-state index in [0.717, 1.165) is 22.7 Å². The number of nitrogens with one attached hydrogen (secondary N) is 1. The number of amides is 2. The molecule has 0 aliphatic rings. The Balaban J connectivity index is 2.68. The average molecular weight is 518 g/mol. The van der Waals surface area contributed by atoms with Gasteiger partial charge in [-0.15, -0.1) is 18.2 Å². The number of carbonyl (C=O) groups is 2. The van der Waals surface area contributed by atoms with E-state index in [2.05, 4.69) is 16.2 Å². The maximum Gasteiger partial charge on any atom is 0.474 e. The summed E-state index contributed by atoms with van der Waals surface area (Å²) in [5.74, 6) is 1.01. The van der Waals surface area contributed by atoms with Crippen molar-refractivity contribution in [2.24, 2.45) is 0 Å². The molecule has 1 rings (SSSR count). The molecule has 1 unspecified atom stereocenters. The number of hydrogen-bond donors (Lipinski definition) is 1. The molecule has 0 fully saturated rings. The van der Waals surface area contributed by atoms with E-state index in [4.69, 9.17) is 20.0 Å². The Labute approximate surface area is 202 Å². The number of carbonyl (C=O) groups excluding carboxylic acids is 2. The zero-order valence-corrected chi connectivity index (χ0v) is 21.1. The fraction of sp³-hybridized carbons (Fsp3) is 0.526. The van der Waals surface area contributed by atoms with Gasteiger partial charge in [0.15, 0.2) is 5.03 Å². The maximum atomic E-state index is 12.8. The largest absolute Gasteiger partial charge is 0.474 e. The van der Waals surface area contributed by atoms with E-state index in [0.29, 0.717) is 6.54 Å². The number of hydrogen-bond acceptors (Lipinski definition) is 11. The molecule has 2 amide bonds. The van der Waals surface area contributed by atoms with Gasteiger partial charge < -0.3 is 15.1 Å². The third-order valence-corrected chi connectivity index (χ3v) is 6.20. The first-order valence-corrected chi connectivity index (χ1v) is 12.5. The summed E-state index contributed by atoms with van der Waals surface area (Å²) in [5.41, 5.74) is -0.400. The van der Waals surface area contributed by atoms with E-state index in [1.807, 2.05) is 19.0 Å². The number of likely N-dealkylation sites (N-methyl/N-ethyl adjacent to an activating group) is 1. The van der Waals surface area contributed by atoms with E-state index in [9.17, 15) is 24.3 Å². The third kappa shape index (κ3) is 9.76. The van der Waals surface area contributed by atoms with Crippen LogP contribution in [0, 0.1) is 22.5 Å². The van der Waals surface area contributed by atoms with Crippen molar-refractivity contribution < 1.29 is 32.6 Å². The monoisotopic (exact) mass is 517 g/mol. The second kappa shape index (κ2) is 14.7. The lowest BCUT2D eigenvalue weighted by Crippen LogP contribution is -2.41. The molecule has 15 heteroatoms. The number of phosphoric acid groups is 1. The first kappa shape index (κ1) is 29.5. The number of pyridine rings is 1. The Kier molecular flexibility index (Phi) is 12.7. The minimum absolute atomic E-state index is 0.0449. The van der Waals surface area contributed by atoms with Gasteiger partial charge >= 0.3 is 13.5 Å². The Morgan fingerprint density at radius 2 is 2.03 bits per heavy atom. The predicted molar refractivity (Wildman–Crippen MR) is 125 cm³/mol. The summed E-state index contributed by atoms with van der Waals surface area (Å²) in [6.07, 6.45) is 8.12. The minimum atomic E-state index is -3.76. The molecular weight excluding hydrogens is 489 g/mol. The van der Waals surface area contributed by atoms with Crippen LogP contribution in [0.1, 0.15) is 10.4 Å². The van der Waals surface area contributed by atoms with Crippen LogP contribution < -0.4 is 5.32 Å². The van der Waals surface area contributed by atoms with Crippen molar-refractivity contribution in [3.8, 4) is 12.3 Å². The first-order chi connectivity index (χ1) is 16.1. The van der Waals surface area contributed by atoms with Crippen molar-refractivity contribution in [3.63, 3.8) is 0 Å². The molecule has 1 heterocycles. The molecule has 0 bridgehead atoms. The standard InChI is InChI=1S/C19H28N5O8PS/c1-6-8-23(19(26)15-12-16(24(27)28)18(34-5)21-13-15)14-17(25)20-7-10-31-33(29,30-4)32-11-9-22(2)3/h1,12-13H,7-11,14H2,2-5H3,(H,20,25). The Hall–Kier alpha value is -2.53. The Morgan fingerprint density at radius 3 is 2.59 bits per heavy atom. The van der Waals surface area contributed by atoms with Gasteiger partial charge in [-0.25, -0.2) is 9.55 Å². The highest BCUT2D eigenvalue weighted by molar-refractivity contribution is 7.98. The van der Waals surface area contributed by atoms with Gasteiger partial charge in [0, 0.05) is 32.5 Å². The van der Waals surface area contributed by atoms with Crippen molar-refractivity contribution >= 4 is 37.1 Å². The second-order valence-electron chi connectivity index (χ2n) is 6.82. The molecule has 0 aromatic carbocycles. The van der Waals surface area contributed by atoms with Crippen LogP contribution in [0.4, 0.5) is 5.69 Å². The Bertz CT molecular complexity index is 955. The molecular formula is C19H28N5O8PS. The molecule has 0 saturated carbocycles. The van der Waals surface area contributed by atoms with Crippen LogP contribution in [0.2, 0.25) is 0 Å². The lowest BCUT2D eigenvalue weighted by molar-refractivity contribution is -0.388. The summed E-state index contributed by atoms with van der Waals surface area (Å²) < 4.78 is 27.4. The fourth-order valence-corrected chi connectivity index (χ4v) is 3.80. The summed E-state index contributed by atoms with van der Waals surface area (Å²) >= 11 is 1.07. The first-order valence-electron chi connectivity index (χ1n) is 9.84. The summed E-state index contributed by atoms with van der Waals surface area (Å²) in [6.45, 7) is -0.212. The highest BCUT2D eigenvalue weighted by atomic mass is 32.2. The highest BCUT2D eigenvalue weighted by Crippen LogP contribution is 2.48. The van der Waals surface area contributed by atoms with E-state index in [1.54, 1.807) is 6.26 Å². The Morgan fingerprint density at radius 1 is 1.35 bits per heavy atom. The summed E-state index contributed by atoms with van der Waals surface area (Å²) in [4.78, 5) is 42.5. The van der Waals surface area contributed by atoms with Crippen LogP contribution in [0.15, 0.2) is 17.3 Å². The molecule has 1 N–H and O–H groups in total. The third-order valence-electron chi connectivity index (χ3n) is 4.06. The van der Waals surface area contributed by atoms with Gasteiger partial charge in [-0.1, -0.05) is 5.92 Å². The lowest BCUT2D eigenvalue weighted by Gasteiger charge is -2.20. The molecule has 0 saturated heterocycles. The quantitative estimate of drug-likeness (QED) is 0.0893. The maximum absolute atomic E-state index is 12.8. The minimum Gasteiger partial charge on any atom is -0.352 e. The van der Waals surface area contributed by atoms with Crippen LogP contribution in [0.25, 0.3) is 0 Å². The van der Waals surface area contributed by atoms with E-state index < -0.39 is 31.1 Å². The molecule has 0 aliphatic heterocycles. The molecule has 1 atom stereocenters. The average Bonchev–Trinajstić information content (AvgIpc) is 2.80. The van der Waals surface area contributed by atoms with Gasteiger partial charge in [-0.05, 0) is 20.4 Å². The lowest BCUT2D eigenvalue weighted by atomic mass is 10.2. The number of nitro groups is 1. The van der Waals surface area contributed by atoms with Crippen LogP contribution in [0.3, 0.4) is 0 Å². The molecule has 13 nitrogen and oxygen atoms in total. The van der Waals surface area contributed by atoms with Crippen LogP contribution >= 0.6 is 19.6 Å². The zero-order valence-electron chi connectivity index (χ0n) is 19.4. The van der Waals surface area contributed by atoms with E-state index in [-0.39, 0.29) is 42.6 Å². The van der Waals surface area contributed by atoms with Crippen molar-refractivity contribution in [3.05, 3.63) is 27.9 Å². The van der Waals surface area contributed by atoms with E-state index >= 15 is 0 Å². The zero-order chi connectivity index (χ0) is 25.7. The van der Waals surface area contributed by atoms with Gasteiger partial charge in [0.1, 0.15) is 6.54 Å². The molecule has 0 radical (unpaired) electrons. The predicted octanol–water partition coefficient (Wildman–Crippen LogP) is 1.25. The second-order valence-corrected chi connectivity index (χ2v) is 9.40. The number of rotatable bonds is 15. The SMILES string of the molecule is C#CCN(CC(=O)NCCOP(=O)(OC)OCCN(C)C)C(=O)c1cnc(SC)c([N+](=O)[O-])c1. The van der Waals surface area contributed by atoms with Gasteiger partial charge in [0.2, 0.25) is 5.91 Å². The summed E-state index contributed by atoms with van der Waals surface area (Å²) in [5, 5.41) is 13.9. The van der Waals surface area contributed by atoms with Crippen molar-refractivity contribution in [1.29, 1.82) is 0 Å². The number of aromatic nitrogens is 1. The van der Waals surface area contributed by atoms with Gasteiger partial charge in [0.25, 0.3) is 5.91 Å². The van der Waals surface area contributed by atoms with Gasteiger partial charge in [-0.3, -0.25) is 33.3 Å². The molecule has 34 heavy (non-hydrogen) atoms. The number of thioether (sulfide) groups is 1.